The lowest BCUT2D eigenvalue weighted by atomic mass is 9.85. The second-order valence-electron chi connectivity index (χ2n) is 5.11. The van der Waals surface area contributed by atoms with Gasteiger partial charge in [0.05, 0.1) is 6.42 Å². The summed E-state index contributed by atoms with van der Waals surface area (Å²) in [6, 6.07) is 1.64. The average molecular weight is 269 g/mol. The van der Waals surface area contributed by atoms with E-state index in [9.17, 15) is 4.79 Å². The standard InChI is InChI=1S/C12H19N3O2S/c1-12(2,3)8(5-11(16)17)15-9-6-10(18-4)14-7-13-9/h6-8H,5H2,1-4H3,(H,16,17)(H,13,14,15). The van der Waals surface area contributed by atoms with Gasteiger partial charge in [0, 0.05) is 12.1 Å². The number of aliphatic carboxylic acids is 1. The lowest BCUT2D eigenvalue weighted by Crippen LogP contribution is -2.36. The van der Waals surface area contributed by atoms with Gasteiger partial charge in [0.15, 0.2) is 0 Å². The molecular formula is C12H19N3O2S. The van der Waals surface area contributed by atoms with E-state index in [0.29, 0.717) is 5.82 Å². The molecule has 6 heteroatoms. The monoisotopic (exact) mass is 269 g/mol. The van der Waals surface area contributed by atoms with E-state index in [1.165, 1.54) is 18.1 Å². The minimum absolute atomic E-state index is 0.0576. The van der Waals surface area contributed by atoms with Crippen LogP contribution in [0, 0.1) is 5.41 Å². The average Bonchev–Trinajstić information content (AvgIpc) is 2.26. The Bertz CT molecular complexity index is 418. The summed E-state index contributed by atoms with van der Waals surface area (Å²) < 4.78 is 0. The van der Waals surface area contributed by atoms with Gasteiger partial charge in [0.1, 0.15) is 17.2 Å². The van der Waals surface area contributed by atoms with Crippen molar-refractivity contribution >= 4 is 23.5 Å². The van der Waals surface area contributed by atoms with Crippen molar-refractivity contribution < 1.29 is 9.90 Å². The fourth-order valence-electron chi connectivity index (χ4n) is 1.46. The van der Waals surface area contributed by atoms with Gasteiger partial charge in [-0.1, -0.05) is 20.8 Å². The Balaban J connectivity index is 2.85. The summed E-state index contributed by atoms with van der Waals surface area (Å²) in [5, 5.41) is 13.0. The maximum atomic E-state index is 10.9. The number of nitrogens with zero attached hydrogens (tertiary/aromatic N) is 2. The van der Waals surface area contributed by atoms with Crippen LogP contribution in [0.25, 0.3) is 0 Å². The summed E-state index contributed by atoms with van der Waals surface area (Å²) in [6.07, 6.45) is 3.47. The Hall–Kier alpha value is -1.30. The largest absolute Gasteiger partial charge is 0.481 e. The Kier molecular flexibility index (Phi) is 4.95. The maximum absolute atomic E-state index is 10.9. The van der Waals surface area contributed by atoms with Gasteiger partial charge in [-0.05, 0) is 11.7 Å². The van der Waals surface area contributed by atoms with E-state index in [0.717, 1.165) is 5.03 Å². The third kappa shape index (κ3) is 4.52. The highest BCUT2D eigenvalue weighted by molar-refractivity contribution is 7.98. The minimum Gasteiger partial charge on any atom is -0.481 e. The summed E-state index contributed by atoms with van der Waals surface area (Å²) in [7, 11) is 0. The van der Waals surface area contributed by atoms with Crippen molar-refractivity contribution in [2.75, 3.05) is 11.6 Å². The van der Waals surface area contributed by atoms with Crippen LogP contribution in [0.5, 0.6) is 0 Å². The molecule has 1 aromatic heterocycles. The van der Waals surface area contributed by atoms with Gasteiger partial charge in [0.25, 0.3) is 0 Å². The molecule has 1 aromatic rings. The molecule has 100 valence electrons. The van der Waals surface area contributed by atoms with Gasteiger partial charge in [-0.25, -0.2) is 9.97 Å². The Morgan fingerprint density at radius 2 is 2.17 bits per heavy atom. The molecule has 0 aliphatic heterocycles. The van der Waals surface area contributed by atoms with Crippen LogP contribution in [-0.2, 0) is 4.79 Å². The molecule has 0 bridgehead atoms. The van der Waals surface area contributed by atoms with Crippen molar-refractivity contribution in [2.45, 2.75) is 38.3 Å². The first-order valence-electron chi connectivity index (χ1n) is 5.67. The number of nitrogens with one attached hydrogen (secondary N) is 1. The number of hydrogen-bond donors (Lipinski definition) is 2. The molecule has 18 heavy (non-hydrogen) atoms. The van der Waals surface area contributed by atoms with Crippen LogP contribution in [0.3, 0.4) is 0 Å². The van der Waals surface area contributed by atoms with E-state index in [4.69, 9.17) is 5.11 Å². The zero-order valence-corrected chi connectivity index (χ0v) is 11.9. The van der Waals surface area contributed by atoms with E-state index in [1.807, 2.05) is 33.1 Å². The van der Waals surface area contributed by atoms with Gasteiger partial charge >= 0.3 is 5.97 Å². The molecule has 5 nitrogen and oxygen atoms in total. The van der Waals surface area contributed by atoms with Crippen LogP contribution in [0.15, 0.2) is 17.4 Å². The first-order valence-corrected chi connectivity index (χ1v) is 6.89. The van der Waals surface area contributed by atoms with Crippen LogP contribution in [0.1, 0.15) is 27.2 Å². The second-order valence-corrected chi connectivity index (χ2v) is 5.93. The van der Waals surface area contributed by atoms with Crippen molar-refractivity contribution in [3.8, 4) is 0 Å². The zero-order valence-electron chi connectivity index (χ0n) is 11.1. The predicted octanol–water partition coefficient (Wildman–Crippen LogP) is 2.50. The lowest BCUT2D eigenvalue weighted by Gasteiger charge is -2.30. The lowest BCUT2D eigenvalue weighted by molar-refractivity contribution is -0.137. The van der Waals surface area contributed by atoms with Crippen LogP contribution >= 0.6 is 11.8 Å². The molecule has 0 amide bonds. The third-order valence-corrected chi connectivity index (χ3v) is 3.24. The molecule has 2 N–H and O–H groups in total. The minimum atomic E-state index is -0.818. The van der Waals surface area contributed by atoms with Crippen LogP contribution < -0.4 is 5.32 Å². The molecule has 0 saturated heterocycles. The Morgan fingerprint density at radius 3 is 2.67 bits per heavy atom. The highest BCUT2D eigenvalue weighted by atomic mass is 32.2. The normalized spacial score (nSPS) is 13.1. The number of rotatable bonds is 5. The smallest absolute Gasteiger partial charge is 0.305 e. The number of anilines is 1. The summed E-state index contributed by atoms with van der Waals surface area (Å²) in [4.78, 5) is 19.1. The molecule has 0 saturated carbocycles. The number of carboxylic acids is 1. The molecule has 0 aliphatic rings. The van der Waals surface area contributed by atoms with Gasteiger partial charge in [-0.3, -0.25) is 4.79 Å². The summed E-state index contributed by atoms with van der Waals surface area (Å²) in [5.41, 5.74) is -0.164. The van der Waals surface area contributed by atoms with E-state index in [1.54, 1.807) is 0 Å². The number of carbonyl (C=O) groups is 1. The van der Waals surface area contributed by atoms with Crippen molar-refractivity contribution in [3.63, 3.8) is 0 Å². The molecule has 1 rings (SSSR count). The van der Waals surface area contributed by atoms with Gasteiger partial charge in [-0.2, -0.15) is 0 Å². The SMILES string of the molecule is CSc1cc(NC(CC(=O)O)C(C)(C)C)ncn1. The quantitative estimate of drug-likeness (QED) is 0.632. The van der Waals surface area contributed by atoms with Gasteiger partial charge < -0.3 is 10.4 Å². The number of carboxylic acid groups (broad SMARTS) is 1. The first kappa shape index (κ1) is 14.8. The predicted molar refractivity (Wildman–Crippen MR) is 72.9 cm³/mol. The van der Waals surface area contributed by atoms with Gasteiger partial charge in [-0.15, -0.1) is 11.8 Å². The first-order chi connectivity index (χ1) is 8.32. The molecule has 1 atom stereocenters. The second kappa shape index (κ2) is 6.04. The third-order valence-electron chi connectivity index (χ3n) is 2.60. The molecule has 0 aromatic carbocycles. The van der Waals surface area contributed by atoms with Crippen molar-refractivity contribution in [2.24, 2.45) is 5.41 Å². The van der Waals surface area contributed by atoms with E-state index in [-0.39, 0.29) is 17.9 Å². The summed E-state index contributed by atoms with van der Waals surface area (Å²) in [5.74, 6) is -0.155. The van der Waals surface area contributed by atoms with Crippen molar-refractivity contribution in [1.82, 2.24) is 9.97 Å². The van der Waals surface area contributed by atoms with Crippen molar-refractivity contribution in [1.29, 1.82) is 0 Å². The van der Waals surface area contributed by atoms with E-state index < -0.39 is 5.97 Å². The molecular weight excluding hydrogens is 250 g/mol. The topological polar surface area (TPSA) is 75.1 Å². The molecule has 1 heterocycles. The zero-order chi connectivity index (χ0) is 13.8. The van der Waals surface area contributed by atoms with Crippen LogP contribution in [0.2, 0.25) is 0 Å². The number of aromatic nitrogens is 2. The van der Waals surface area contributed by atoms with Gasteiger partial charge in [0.2, 0.25) is 0 Å². The maximum Gasteiger partial charge on any atom is 0.305 e. The summed E-state index contributed by atoms with van der Waals surface area (Å²) >= 11 is 1.52. The fraction of sp³-hybridized carbons (Fsp3) is 0.583. The van der Waals surface area contributed by atoms with E-state index in [2.05, 4.69) is 15.3 Å². The molecule has 1 unspecified atom stereocenters. The molecule has 0 aliphatic carbocycles. The Morgan fingerprint density at radius 1 is 1.50 bits per heavy atom. The number of thioether (sulfide) groups is 1. The van der Waals surface area contributed by atoms with Crippen LogP contribution in [0.4, 0.5) is 5.82 Å². The fourth-order valence-corrected chi connectivity index (χ4v) is 1.84. The molecule has 0 radical (unpaired) electrons. The highest BCUT2D eigenvalue weighted by Crippen LogP contribution is 2.25. The molecule has 0 fully saturated rings. The highest BCUT2D eigenvalue weighted by Gasteiger charge is 2.27. The molecule has 0 spiro atoms. The Labute approximate surface area is 111 Å². The van der Waals surface area contributed by atoms with Crippen LogP contribution in [-0.4, -0.2) is 33.3 Å². The summed E-state index contributed by atoms with van der Waals surface area (Å²) in [6.45, 7) is 6.01. The van der Waals surface area contributed by atoms with E-state index >= 15 is 0 Å². The number of hydrogen-bond acceptors (Lipinski definition) is 5. The van der Waals surface area contributed by atoms with Crippen molar-refractivity contribution in [3.05, 3.63) is 12.4 Å².